The van der Waals surface area contributed by atoms with Gasteiger partial charge in [0, 0.05) is 32.7 Å². The first-order valence-corrected chi connectivity index (χ1v) is 10.2. The van der Waals surface area contributed by atoms with Crippen LogP contribution < -0.4 is 4.90 Å². The van der Waals surface area contributed by atoms with Gasteiger partial charge in [-0.25, -0.2) is 4.90 Å². The molecule has 150 valence electrons. The van der Waals surface area contributed by atoms with Crippen molar-refractivity contribution in [2.24, 2.45) is 0 Å². The van der Waals surface area contributed by atoms with Gasteiger partial charge in [-0.15, -0.1) is 0 Å². The average molecular weight is 410 g/mol. The number of carbonyl (C=O) groups excluding carboxylic acids is 2. The van der Waals surface area contributed by atoms with Crippen LogP contribution in [0.15, 0.2) is 53.6 Å². The highest BCUT2D eigenvalue weighted by Gasteiger charge is 2.39. The standard InChI is InChI=1S/C23H24ClN3O2/c1-16-3-7-18(8-4-16)20-21(24)23(29)27(22(20)28)19-9-5-17(6-10-19)15-26-13-11-25(2)12-14-26/h3-10H,11-15H2,1-2H3. The summed E-state index contributed by atoms with van der Waals surface area (Å²) in [6.07, 6.45) is 0. The number of amides is 2. The third-order valence-corrected chi connectivity index (χ3v) is 5.91. The SMILES string of the molecule is Cc1ccc(C2=C(Cl)C(=O)N(c3ccc(CN4CCN(C)CC4)cc3)C2=O)cc1. The number of carbonyl (C=O) groups is 2. The van der Waals surface area contributed by atoms with Gasteiger partial charge < -0.3 is 4.90 Å². The number of aryl methyl sites for hydroxylation is 1. The van der Waals surface area contributed by atoms with Gasteiger partial charge >= 0.3 is 0 Å². The average Bonchev–Trinajstić information content (AvgIpc) is 2.94. The minimum absolute atomic E-state index is 0.0274. The van der Waals surface area contributed by atoms with Gasteiger partial charge in [-0.1, -0.05) is 53.6 Å². The Bertz CT molecular complexity index is 959. The predicted molar refractivity (Wildman–Crippen MR) is 116 cm³/mol. The molecule has 2 amide bonds. The molecule has 1 fully saturated rings. The Morgan fingerprint density at radius 1 is 0.862 bits per heavy atom. The molecule has 0 aliphatic carbocycles. The van der Waals surface area contributed by atoms with Gasteiger partial charge in [0.1, 0.15) is 5.03 Å². The van der Waals surface area contributed by atoms with Crippen LogP contribution in [0, 0.1) is 6.92 Å². The predicted octanol–water partition coefficient (Wildman–Crippen LogP) is 3.27. The molecule has 0 unspecified atom stereocenters. The van der Waals surface area contributed by atoms with Crippen LogP contribution in [0.25, 0.3) is 5.57 Å². The summed E-state index contributed by atoms with van der Waals surface area (Å²) < 4.78 is 0. The zero-order valence-electron chi connectivity index (χ0n) is 16.7. The van der Waals surface area contributed by atoms with Crippen molar-refractivity contribution in [1.29, 1.82) is 0 Å². The molecule has 2 aromatic carbocycles. The molecule has 0 radical (unpaired) electrons. The van der Waals surface area contributed by atoms with E-state index in [1.807, 2.05) is 55.5 Å². The summed E-state index contributed by atoms with van der Waals surface area (Å²) in [6, 6.07) is 15.0. The number of halogens is 1. The maximum atomic E-state index is 13.0. The van der Waals surface area contributed by atoms with Gasteiger partial charge in [0.05, 0.1) is 11.3 Å². The number of imide groups is 1. The molecular weight excluding hydrogens is 386 g/mol. The molecule has 6 heteroatoms. The first-order chi connectivity index (χ1) is 13.9. The summed E-state index contributed by atoms with van der Waals surface area (Å²) in [5.41, 5.74) is 3.71. The van der Waals surface area contributed by atoms with Gasteiger partial charge in [-0.05, 0) is 37.2 Å². The number of likely N-dealkylation sites (N-methyl/N-ethyl adjacent to an activating group) is 1. The van der Waals surface area contributed by atoms with E-state index >= 15 is 0 Å². The fourth-order valence-corrected chi connectivity index (χ4v) is 4.00. The monoisotopic (exact) mass is 409 g/mol. The highest BCUT2D eigenvalue weighted by atomic mass is 35.5. The quantitative estimate of drug-likeness (QED) is 0.727. The van der Waals surface area contributed by atoms with E-state index < -0.39 is 5.91 Å². The second kappa shape index (κ2) is 8.11. The van der Waals surface area contributed by atoms with Crippen molar-refractivity contribution >= 4 is 34.7 Å². The maximum absolute atomic E-state index is 13.0. The van der Waals surface area contributed by atoms with Crippen LogP contribution >= 0.6 is 11.6 Å². The van der Waals surface area contributed by atoms with Crippen LogP contribution in [0.5, 0.6) is 0 Å². The van der Waals surface area contributed by atoms with Crippen LogP contribution in [-0.2, 0) is 16.1 Å². The van der Waals surface area contributed by atoms with E-state index in [2.05, 4.69) is 16.8 Å². The summed E-state index contributed by atoms with van der Waals surface area (Å²) in [5.74, 6) is -0.852. The molecule has 0 bridgehead atoms. The molecule has 4 rings (SSSR count). The molecule has 1 saturated heterocycles. The third-order valence-electron chi connectivity index (χ3n) is 5.56. The number of rotatable bonds is 4. The van der Waals surface area contributed by atoms with Crippen LogP contribution in [0.3, 0.4) is 0 Å². The van der Waals surface area contributed by atoms with Crippen molar-refractivity contribution in [2.45, 2.75) is 13.5 Å². The molecule has 0 N–H and O–H groups in total. The zero-order valence-corrected chi connectivity index (χ0v) is 17.4. The molecule has 2 aromatic rings. The second-order valence-corrected chi connectivity index (χ2v) is 8.12. The molecule has 5 nitrogen and oxygen atoms in total. The largest absolute Gasteiger partial charge is 0.304 e. The van der Waals surface area contributed by atoms with E-state index in [4.69, 9.17) is 11.6 Å². The lowest BCUT2D eigenvalue weighted by atomic mass is 10.0. The number of piperazine rings is 1. The van der Waals surface area contributed by atoms with Crippen molar-refractivity contribution in [3.8, 4) is 0 Å². The first-order valence-electron chi connectivity index (χ1n) is 9.79. The van der Waals surface area contributed by atoms with Crippen molar-refractivity contribution in [1.82, 2.24) is 9.80 Å². The second-order valence-electron chi connectivity index (χ2n) is 7.75. The Kier molecular flexibility index (Phi) is 5.54. The lowest BCUT2D eigenvalue weighted by Gasteiger charge is -2.32. The fourth-order valence-electron chi connectivity index (χ4n) is 3.72. The number of nitrogens with zero attached hydrogens (tertiary/aromatic N) is 3. The molecule has 0 aromatic heterocycles. The zero-order chi connectivity index (χ0) is 20.5. The van der Waals surface area contributed by atoms with Gasteiger partial charge in [-0.3, -0.25) is 14.5 Å². The molecular formula is C23H24ClN3O2. The number of benzene rings is 2. The van der Waals surface area contributed by atoms with Crippen molar-refractivity contribution < 1.29 is 9.59 Å². The van der Waals surface area contributed by atoms with Crippen LogP contribution in [0.1, 0.15) is 16.7 Å². The molecule has 0 atom stereocenters. The number of anilines is 1. The molecule has 0 saturated carbocycles. The van der Waals surface area contributed by atoms with E-state index in [1.165, 1.54) is 0 Å². The Balaban J connectivity index is 1.51. The molecule has 2 aliphatic rings. The van der Waals surface area contributed by atoms with Crippen LogP contribution in [0.2, 0.25) is 0 Å². The molecule has 0 spiro atoms. The van der Waals surface area contributed by atoms with Gasteiger partial charge in [0.2, 0.25) is 0 Å². The van der Waals surface area contributed by atoms with Gasteiger partial charge in [0.15, 0.2) is 0 Å². The first kappa shape index (κ1) is 19.8. The Hall–Kier alpha value is -2.47. The van der Waals surface area contributed by atoms with E-state index in [0.29, 0.717) is 11.3 Å². The normalized spacial score (nSPS) is 18.8. The fraction of sp³-hybridized carbons (Fsp3) is 0.304. The third kappa shape index (κ3) is 3.99. The summed E-state index contributed by atoms with van der Waals surface area (Å²) >= 11 is 6.27. The van der Waals surface area contributed by atoms with Gasteiger partial charge in [0.25, 0.3) is 11.8 Å². The summed E-state index contributed by atoms with van der Waals surface area (Å²) in [7, 11) is 2.14. The van der Waals surface area contributed by atoms with Crippen LogP contribution in [0.4, 0.5) is 5.69 Å². The highest BCUT2D eigenvalue weighted by molar-refractivity contribution is 6.60. The minimum atomic E-state index is -0.473. The topological polar surface area (TPSA) is 43.9 Å². The van der Waals surface area contributed by atoms with Gasteiger partial charge in [-0.2, -0.15) is 0 Å². The minimum Gasteiger partial charge on any atom is -0.304 e. The Morgan fingerprint density at radius 2 is 1.48 bits per heavy atom. The number of hydrogen-bond acceptors (Lipinski definition) is 4. The smallest absolute Gasteiger partial charge is 0.277 e. The van der Waals surface area contributed by atoms with E-state index in [-0.39, 0.29) is 16.5 Å². The van der Waals surface area contributed by atoms with Crippen molar-refractivity contribution in [2.75, 3.05) is 38.1 Å². The summed E-state index contributed by atoms with van der Waals surface area (Å²) in [6.45, 7) is 7.06. The van der Waals surface area contributed by atoms with Crippen LogP contribution in [-0.4, -0.2) is 54.8 Å². The molecule has 29 heavy (non-hydrogen) atoms. The lowest BCUT2D eigenvalue weighted by Crippen LogP contribution is -2.43. The number of hydrogen-bond donors (Lipinski definition) is 0. The highest BCUT2D eigenvalue weighted by Crippen LogP contribution is 2.35. The molecule has 2 aliphatic heterocycles. The van der Waals surface area contributed by atoms with E-state index in [9.17, 15) is 9.59 Å². The molecule has 2 heterocycles. The lowest BCUT2D eigenvalue weighted by molar-refractivity contribution is -0.119. The van der Waals surface area contributed by atoms with Crippen molar-refractivity contribution in [3.63, 3.8) is 0 Å². The summed E-state index contributed by atoms with van der Waals surface area (Å²) in [4.78, 5) is 31.6. The maximum Gasteiger partial charge on any atom is 0.277 e. The Morgan fingerprint density at radius 3 is 2.10 bits per heavy atom. The summed E-state index contributed by atoms with van der Waals surface area (Å²) in [5, 5.41) is -0.0274. The van der Waals surface area contributed by atoms with E-state index in [1.54, 1.807) is 0 Å². The van der Waals surface area contributed by atoms with E-state index in [0.717, 1.165) is 48.8 Å². The Labute approximate surface area is 176 Å². The van der Waals surface area contributed by atoms with Crippen molar-refractivity contribution in [3.05, 3.63) is 70.3 Å².